The topological polar surface area (TPSA) is 237 Å². The molecule has 0 saturated carbocycles. The van der Waals surface area contributed by atoms with Gasteiger partial charge in [0.15, 0.2) is 12.2 Å². The van der Waals surface area contributed by atoms with Crippen LogP contribution in [0.4, 0.5) is 0 Å². The molecule has 0 amide bonds. The molecule has 0 aromatic carbocycles. The molecule has 0 aromatic rings. The number of hydrogen-bond acceptors (Lipinski definition) is 15. The van der Waals surface area contributed by atoms with E-state index in [2.05, 4.69) is 41.5 Å². The molecule has 6 atom stereocenters. The maximum absolute atomic E-state index is 13.0. The number of ether oxygens (including phenoxy) is 4. The fraction of sp³-hybridized carbons (Fsp3) is 0.944. The minimum Gasteiger partial charge on any atom is -0.462 e. The molecule has 0 fully saturated rings. The van der Waals surface area contributed by atoms with Crippen LogP contribution in [0.5, 0.6) is 0 Å². The predicted molar refractivity (Wildman–Crippen MR) is 363 cm³/mol. The predicted octanol–water partition coefficient (Wildman–Crippen LogP) is 20.4. The molecular weight excluding hydrogens is 1190 g/mol. The summed E-state index contributed by atoms with van der Waals surface area (Å²) in [6, 6.07) is 0. The number of carbonyl (C=O) groups excluding carboxylic acids is 4. The Kier molecular flexibility index (Phi) is 61.8. The Labute approximate surface area is 549 Å². The quantitative estimate of drug-likeness (QED) is 0.0222. The van der Waals surface area contributed by atoms with Gasteiger partial charge in [-0.25, -0.2) is 9.13 Å². The van der Waals surface area contributed by atoms with Crippen molar-refractivity contribution < 1.29 is 80.2 Å². The number of aliphatic hydroxyl groups is 1. The Morgan fingerprint density at radius 2 is 0.567 bits per heavy atom. The summed E-state index contributed by atoms with van der Waals surface area (Å²) in [5.74, 6) is -0.544. The first-order valence-electron chi connectivity index (χ1n) is 37.0. The summed E-state index contributed by atoms with van der Waals surface area (Å²) in [4.78, 5) is 72.4. The van der Waals surface area contributed by atoms with Crippen molar-refractivity contribution in [3.05, 3.63) is 0 Å². The van der Waals surface area contributed by atoms with Crippen LogP contribution in [-0.4, -0.2) is 96.7 Å². The molecular formula is C71H138O17P2. The van der Waals surface area contributed by atoms with Gasteiger partial charge in [0, 0.05) is 25.7 Å². The van der Waals surface area contributed by atoms with Crippen molar-refractivity contribution in [3.8, 4) is 0 Å². The molecule has 0 bridgehead atoms. The molecule has 0 aromatic heterocycles. The Bertz CT molecular complexity index is 1750. The molecule has 3 unspecified atom stereocenters. The lowest BCUT2D eigenvalue weighted by atomic mass is 9.99. The first-order chi connectivity index (χ1) is 43.4. The number of aliphatic hydroxyl groups excluding tert-OH is 1. The van der Waals surface area contributed by atoms with E-state index in [1.807, 2.05) is 0 Å². The largest absolute Gasteiger partial charge is 0.472 e. The SMILES string of the molecule is CCCCCCCCCCCCCCCC(=O)OC[C@H](COP(=O)(O)OC[C@@H](O)COP(=O)(O)OC[C@@H](COC(=O)CCCCCCCCC)OC(=O)CCCCCCCCCCCC(C)C)OC(=O)CCCCCCCCCCCCCCCCC(C)CC. The monoisotopic (exact) mass is 1320 g/mol. The van der Waals surface area contributed by atoms with Gasteiger partial charge in [-0.2, -0.15) is 0 Å². The molecule has 0 heterocycles. The van der Waals surface area contributed by atoms with E-state index >= 15 is 0 Å². The average molecular weight is 1330 g/mol. The highest BCUT2D eigenvalue weighted by molar-refractivity contribution is 7.47. The minimum absolute atomic E-state index is 0.105. The summed E-state index contributed by atoms with van der Waals surface area (Å²) >= 11 is 0. The molecule has 534 valence electrons. The lowest BCUT2D eigenvalue weighted by Crippen LogP contribution is -2.30. The van der Waals surface area contributed by atoms with E-state index in [0.717, 1.165) is 115 Å². The smallest absolute Gasteiger partial charge is 0.462 e. The van der Waals surface area contributed by atoms with Crippen molar-refractivity contribution in [1.82, 2.24) is 0 Å². The standard InChI is InChI=1S/C71H138O17P2/c1-7-10-12-14-16-17-18-21-25-30-36-42-48-54-69(74)82-60-67(88-70(75)55-49-43-37-31-26-23-20-19-22-24-29-35-40-46-52-64(6)9-3)62-86-90(79,80)84-58-65(72)57-83-89(77,78)85-61-66(59-81-68(73)53-47-41-33-15-13-11-8-2)87-71(76)56-50-44-38-32-27-28-34-39-45-51-63(4)5/h63-67,72H,7-62H2,1-6H3,(H,77,78)(H,79,80)/t64?,65-,66+,67+/m0/s1. The van der Waals surface area contributed by atoms with Gasteiger partial charge < -0.3 is 33.8 Å². The third-order valence-electron chi connectivity index (χ3n) is 16.8. The molecule has 0 rings (SSSR count). The van der Waals surface area contributed by atoms with Crippen LogP contribution >= 0.6 is 15.6 Å². The molecule has 0 aliphatic carbocycles. The number of phosphoric ester groups is 2. The van der Waals surface area contributed by atoms with E-state index in [1.165, 1.54) is 167 Å². The highest BCUT2D eigenvalue weighted by Crippen LogP contribution is 2.45. The van der Waals surface area contributed by atoms with Crippen molar-refractivity contribution in [2.24, 2.45) is 11.8 Å². The van der Waals surface area contributed by atoms with Crippen LogP contribution < -0.4 is 0 Å². The van der Waals surface area contributed by atoms with Crippen LogP contribution in [0.3, 0.4) is 0 Å². The normalized spacial score (nSPS) is 14.4. The van der Waals surface area contributed by atoms with E-state index in [1.54, 1.807) is 0 Å². The van der Waals surface area contributed by atoms with Gasteiger partial charge in [-0.15, -0.1) is 0 Å². The summed E-state index contributed by atoms with van der Waals surface area (Å²) in [7, 11) is -9.90. The van der Waals surface area contributed by atoms with E-state index in [-0.39, 0.29) is 25.7 Å². The van der Waals surface area contributed by atoms with Crippen LogP contribution in [0.15, 0.2) is 0 Å². The lowest BCUT2D eigenvalue weighted by molar-refractivity contribution is -0.161. The van der Waals surface area contributed by atoms with Gasteiger partial charge in [-0.1, -0.05) is 311 Å². The maximum Gasteiger partial charge on any atom is 0.472 e. The van der Waals surface area contributed by atoms with Crippen LogP contribution in [0.2, 0.25) is 0 Å². The van der Waals surface area contributed by atoms with E-state index in [9.17, 15) is 43.2 Å². The van der Waals surface area contributed by atoms with Crippen LogP contribution in [0, 0.1) is 11.8 Å². The zero-order chi connectivity index (χ0) is 66.5. The molecule has 0 aliphatic heterocycles. The van der Waals surface area contributed by atoms with Gasteiger partial charge >= 0.3 is 39.5 Å². The summed E-state index contributed by atoms with van der Waals surface area (Å²) in [6.07, 6.45) is 48.6. The number of carbonyl (C=O) groups is 4. The third kappa shape index (κ3) is 63.5. The number of phosphoric acid groups is 2. The van der Waals surface area contributed by atoms with Crippen molar-refractivity contribution in [3.63, 3.8) is 0 Å². The Morgan fingerprint density at radius 3 is 0.844 bits per heavy atom. The molecule has 0 spiro atoms. The van der Waals surface area contributed by atoms with Gasteiger partial charge in [-0.05, 0) is 37.5 Å². The highest BCUT2D eigenvalue weighted by atomic mass is 31.2. The van der Waals surface area contributed by atoms with Crippen molar-refractivity contribution in [1.29, 1.82) is 0 Å². The second kappa shape index (κ2) is 63.1. The number of esters is 4. The zero-order valence-electron chi connectivity index (χ0n) is 58.4. The third-order valence-corrected chi connectivity index (χ3v) is 18.7. The number of unbranched alkanes of at least 4 members (excludes halogenated alkanes) is 39. The van der Waals surface area contributed by atoms with Crippen molar-refractivity contribution in [2.45, 2.75) is 381 Å². The van der Waals surface area contributed by atoms with Crippen LogP contribution in [0.1, 0.15) is 363 Å². The van der Waals surface area contributed by atoms with Gasteiger partial charge in [0.05, 0.1) is 26.4 Å². The van der Waals surface area contributed by atoms with E-state index in [0.29, 0.717) is 25.7 Å². The molecule has 90 heavy (non-hydrogen) atoms. The van der Waals surface area contributed by atoms with Gasteiger partial charge in [0.2, 0.25) is 0 Å². The second-order valence-electron chi connectivity index (χ2n) is 26.3. The second-order valence-corrected chi connectivity index (χ2v) is 29.3. The highest BCUT2D eigenvalue weighted by Gasteiger charge is 2.30. The maximum atomic E-state index is 13.0. The van der Waals surface area contributed by atoms with Crippen molar-refractivity contribution >= 4 is 39.5 Å². The van der Waals surface area contributed by atoms with Gasteiger partial charge in [-0.3, -0.25) is 37.3 Å². The van der Waals surface area contributed by atoms with Crippen LogP contribution in [-0.2, 0) is 65.4 Å². The fourth-order valence-electron chi connectivity index (χ4n) is 10.7. The first-order valence-corrected chi connectivity index (χ1v) is 40.0. The fourth-order valence-corrected chi connectivity index (χ4v) is 12.3. The Morgan fingerprint density at radius 1 is 0.322 bits per heavy atom. The summed E-state index contributed by atoms with van der Waals surface area (Å²) in [5, 5.41) is 10.6. The average Bonchev–Trinajstić information content (AvgIpc) is 3.25. The summed E-state index contributed by atoms with van der Waals surface area (Å²) in [6.45, 7) is 9.55. The van der Waals surface area contributed by atoms with Crippen LogP contribution in [0.25, 0.3) is 0 Å². The molecule has 17 nitrogen and oxygen atoms in total. The molecule has 0 saturated heterocycles. The first kappa shape index (κ1) is 88.1. The number of hydrogen-bond donors (Lipinski definition) is 3. The zero-order valence-corrected chi connectivity index (χ0v) is 60.2. The lowest BCUT2D eigenvalue weighted by Gasteiger charge is -2.21. The molecule has 3 N–H and O–H groups in total. The van der Waals surface area contributed by atoms with E-state index in [4.69, 9.17) is 37.0 Å². The Balaban J connectivity index is 5.20. The Hall–Kier alpha value is -1.94. The summed E-state index contributed by atoms with van der Waals surface area (Å²) < 4.78 is 68.2. The van der Waals surface area contributed by atoms with E-state index < -0.39 is 97.5 Å². The van der Waals surface area contributed by atoms with Gasteiger partial charge in [0.1, 0.15) is 19.3 Å². The molecule has 0 aliphatic rings. The molecule has 19 heteroatoms. The van der Waals surface area contributed by atoms with Gasteiger partial charge in [0.25, 0.3) is 0 Å². The summed E-state index contributed by atoms with van der Waals surface area (Å²) in [5.41, 5.74) is 0. The van der Waals surface area contributed by atoms with Crippen molar-refractivity contribution in [2.75, 3.05) is 39.6 Å². The minimum atomic E-state index is -4.95. The molecule has 0 radical (unpaired) electrons. The number of rotatable bonds is 70.